The van der Waals surface area contributed by atoms with E-state index in [9.17, 15) is 26.4 Å². The van der Waals surface area contributed by atoms with Gasteiger partial charge in [-0.3, -0.25) is 9.10 Å². The number of piperazine rings is 1. The summed E-state index contributed by atoms with van der Waals surface area (Å²) in [6, 6.07) is 10.7. The molecule has 2 fully saturated rings. The highest BCUT2D eigenvalue weighted by atomic mass is 35.5. The van der Waals surface area contributed by atoms with Gasteiger partial charge >= 0.3 is 21.9 Å². The molecule has 1 saturated carbocycles. The number of aromatic nitrogens is 2. The van der Waals surface area contributed by atoms with E-state index in [0.717, 1.165) is 54.3 Å². The van der Waals surface area contributed by atoms with Gasteiger partial charge in [0.15, 0.2) is 0 Å². The maximum absolute atomic E-state index is 13.6. The summed E-state index contributed by atoms with van der Waals surface area (Å²) in [6.07, 6.45) is 0.617. The minimum atomic E-state index is -4.52. The summed E-state index contributed by atoms with van der Waals surface area (Å²) in [4.78, 5) is 15.5. The van der Waals surface area contributed by atoms with E-state index >= 15 is 0 Å². The predicted octanol–water partition coefficient (Wildman–Crippen LogP) is 4.73. The number of ether oxygens (including phenoxy) is 1. The quantitative estimate of drug-likeness (QED) is 0.384. The highest BCUT2D eigenvalue weighted by Gasteiger charge is 2.34. The average Bonchev–Trinajstić information content (AvgIpc) is 3.47. The van der Waals surface area contributed by atoms with E-state index in [1.54, 1.807) is 30.5 Å². The van der Waals surface area contributed by atoms with E-state index in [-0.39, 0.29) is 43.7 Å². The van der Waals surface area contributed by atoms with Crippen LogP contribution in [0.15, 0.2) is 59.5 Å². The van der Waals surface area contributed by atoms with E-state index in [1.807, 2.05) is 4.90 Å². The number of hydrogen-bond donors (Lipinski definition) is 0. The van der Waals surface area contributed by atoms with Crippen molar-refractivity contribution in [1.82, 2.24) is 14.1 Å². The summed E-state index contributed by atoms with van der Waals surface area (Å²) < 4.78 is 75.1. The monoisotopic (exact) mass is 611 g/mol. The average molecular weight is 612 g/mol. The van der Waals surface area contributed by atoms with Gasteiger partial charge in [-0.1, -0.05) is 17.7 Å². The van der Waals surface area contributed by atoms with Crippen LogP contribution in [0.2, 0.25) is 5.02 Å². The maximum Gasteiger partial charge on any atom is 0.416 e. The van der Waals surface area contributed by atoms with Gasteiger partial charge in [-0.15, -0.1) is 0 Å². The first-order valence-electron chi connectivity index (χ1n) is 13.2. The van der Waals surface area contributed by atoms with E-state index < -0.39 is 27.5 Å². The molecule has 1 saturated heterocycles. The lowest BCUT2D eigenvalue weighted by molar-refractivity contribution is -0.137. The molecule has 0 radical (unpaired) electrons. The predicted molar refractivity (Wildman–Crippen MR) is 150 cm³/mol. The Labute approximate surface area is 240 Å². The molecule has 2 aromatic carbocycles. The van der Waals surface area contributed by atoms with Crippen LogP contribution in [0.4, 0.5) is 24.5 Å². The molecule has 0 amide bonds. The fourth-order valence-corrected chi connectivity index (χ4v) is 6.60. The minimum absolute atomic E-state index is 0.0908. The molecular formula is C27H29ClF3N5O4S. The van der Waals surface area contributed by atoms with Crippen molar-refractivity contribution >= 4 is 33.2 Å². The van der Waals surface area contributed by atoms with Crippen LogP contribution in [-0.4, -0.2) is 61.8 Å². The molecule has 2 heterocycles. The van der Waals surface area contributed by atoms with Gasteiger partial charge < -0.3 is 9.64 Å². The molecule has 14 heteroatoms. The van der Waals surface area contributed by atoms with Gasteiger partial charge in [-0.25, -0.2) is 0 Å². The van der Waals surface area contributed by atoms with E-state index in [2.05, 4.69) is 5.10 Å². The van der Waals surface area contributed by atoms with Crippen molar-refractivity contribution in [1.29, 1.82) is 0 Å². The van der Waals surface area contributed by atoms with Crippen molar-refractivity contribution in [3.63, 3.8) is 0 Å². The lowest BCUT2D eigenvalue weighted by Crippen LogP contribution is -2.52. The van der Waals surface area contributed by atoms with Gasteiger partial charge in [-0.2, -0.15) is 35.7 Å². The molecule has 1 aromatic heterocycles. The Balaban J connectivity index is 1.36. The van der Waals surface area contributed by atoms with Gasteiger partial charge in [0.05, 0.1) is 29.2 Å². The summed E-state index contributed by atoms with van der Waals surface area (Å²) in [5.41, 5.74) is -0.210. The highest BCUT2D eigenvalue weighted by molar-refractivity contribution is 7.90. The third-order valence-electron chi connectivity index (χ3n) is 7.36. The number of nitrogens with zero attached hydrogens (tertiary/aromatic N) is 5. The molecule has 0 bridgehead atoms. The normalized spacial score (nSPS) is 17.1. The molecule has 9 nitrogen and oxygen atoms in total. The Morgan fingerprint density at radius 3 is 2.29 bits per heavy atom. The molecule has 5 rings (SSSR count). The molecule has 1 aliphatic heterocycles. The smallest absolute Gasteiger partial charge is 0.416 e. The first kappa shape index (κ1) is 29.2. The molecule has 1 aliphatic carbocycles. The number of benzene rings is 2. The van der Waals surface area contributed by atoms with Crippen molar-refractivity contribution in [2.24, 2.45) is 0 Å². The summed E-state index contributed by atoms with van der Waals surface area (Å²) in [5.74, 6) is 0.157. The second kappa shape index (κ2) is 11.5. The van der Waals surface area contributed by atoms with E-state index in [4.69, 9.17) is 16.3 Å². The second-order valence-electron chi connectivity index (χ2n) is 9.99. The third kappa shape index (κ3) is 6.16. The van der Waals surface area contributed by atoms with Gasteiger partial charge in [-0.05, 0) is 68.1 Å². The van der Waals surface area contributed by atoms with Gasteiger partial charge in [0.25, 0.3) is 0 Å². The van der Waals surface area contributed by atoms with Crippen LogP contribution in [0, 0.1) is 0 Å². The van der Waals surface area contributed by atoms with Gasteiger partial charge in [0.2, 0.25) is 5.75 Å². The van der Waals surface area contributed by atoms with Gasteiger partial charge in [0.1, 0.15) is 5.69 Å². The SMILES string of the molecule is CN(c1ccc(C(F)(F)F)cc1)S(=O)(=O)N1CCN(c2cnn(-c3cccc(Cl)c3)c(=O)c2OC2CCCC2)CC1. The standard InChI is InChI=1S/C27H29ClF3N5O4S/c1-33(21-11-9-19(10-12-21)27(29,30)31)41(38,39)35-15-13-34(14-16-35)24-18-32-36(22-6-4-5-20(28)17-22)26(37)25(24)40-23-7-2-3-8-23/h4-6,9-12,17-18,23H,2-3,7-8,13-16H2,1H3. The van der Waals surface area contributed by atoms with Crippen LogP contribution in [0.3, 0.4) is 0 Å². The Kier molecular flexibility index (Phi) is 8.22. The maximum atomic E-state index is 13.6. The first-order valence-corrected chi connectivity index (χ1v) is 14.9. The van der Waals surface area contributed by atoms with Crippen LogP contribution < -0.4 is 19.5 Å². The molecular weight excluding hydrogens is 583 g/mol. The molecule has 41 heavy (non-hydrogen) atoms. The molecule has 0 N–H and O–H groups in total. The Bertz CT molecular complexity index is 1550. The molecule has 0 unspecified atom stereocenters. The van der Waals surface area contributed by atoms with Crippen molar-refractivity contribution in [2.45, 2.75) is 38.0 Å². The Hall–Kier alpha value is -3.29. The van der Waals surface area contributed by atoms with Crippen LogP contribution in [-0.2, 0) is 16.4 Å². The Morgan fingerprint density at radius 1 is 1.02 bits per heavy atom. The van der Waals surface area contributed by atoms with Gasteiger partial charge in [0, 0.05) is 38.2 Å². The summed E-state index contributed by atoms with van der Waals surface area (Å²) in [5, 5.41) is 4.82. The number of halogens is 4. The first-order chi connectivity index (χ1) is 19.4. The Morgan fingerprint density at radius 2 is 1.68 bits per heavy atom. The topological polar surface area (TPSA) is 88.0 Å². The lowest BCUT2D eigenvalue weighted by Gasteiger charge is -2.37. The number of hydrogen-bond acceptors (Lipinski definition) is 6. The summed E-state index contributed by atoms with van der Waals surface area (Å²) in [6.45, 7) is 0.688. The van der Waals surface area contributed by atoms with Crippen LogP contribution >= 0.6 is 11.6 Å². The summed E-state index contributed by atoms with van der Waals surface area (Å²) in [7, 11) is -2.72. The van der Waals surface area contributed by atoms with E-state index in [1.165, 1.54) is 16.0 Å². The zero-order valence-electron chi connectivity index (χ0n) is 22.2. The molecule has 0 spiro atoms. The molecule has 3 aromatic rings. The third-order valence-corrected chi connectivity index (χ3v) is 9.52. The number of anilines is 2. The number of alkyl halides is 3. The largest absolute Gasteiger partial charge is 0.483 e. The van der Waals surface area contributed by atoms with Crippen molar-refractivity contribution < 1.29 is 26.3 Å². The number of rotatable bonds is 7. The molecule has 220 valence electrons. The van der Waals surface area contributed by atoms with Crippen LogP contribution in [0.5, 0.6) is 5.75 Å². The van der Waals surface area contributed by atoms with Crippen LogP contribution in [0.1, 0.15) is 31.2 Å². The molecule has 2 aliphatic rings. The van der Waals surface area contributed by atoms with Crippen molar-refractivity contribution in [3.8, 4) is 11.4 Å². The van der Waals surface area contributed by atoms with Crippen molar-refractivity contribution in [3.05, 3.63) is 75.7 Å². The van der Waals surface area contributed by atoms with E-state index in [0.29, 0.717) is 16.4 Å². The lowest BCUT2D eigenvalue weighted by atomic mass is 10.2. The second-order valence-corrected chi connectivity index (χ2v) is 12.4. The highest BCUT2D eigenvalue weighted by Crippen LogP contribution is 2.33. The zero-order chi connectivity index (χ0) is 29.4. The van der Waals surface area contributed by atoms with Crippen LogP contribution in [0.25, 0.3) is 5.69 Å². The fourth-order valence-electron chi connectivity index (χ4n) is 5.06. The fraction of sp³-hybridized carbons (Fsp3) is 0.407. The zero-order valence-corrected chi connectivity index (χ0v) is 23.8. The van der Waals surface area contributed by atoms with Crippen molar-refractivity contribution in [2.75, 3.05) is 42.4 Å². The summed E-state index contributed by atoms with van der Waals surface area (Å²) >= 11 is 6.13. The minimum Gasteiger partial charge on any atom is -0.483 e. The molecule has 0 atom stereocenters.